The van der Waals surface area contributed by atoms with E-state index in [0.29, 0.717) is 5.82 Å². The molecule has 1 aliphatic rings. The van der Waals surface area contributed by atoms with Gasteiger partial charge in [-0.25, -0.2) is 19.3 Å². The molecule has 2 aromatic heterocycles. The van der Waals surface area contributed by atoms with Crippen molar-refractivity contribution in [3.63, 3.8) is 0 Å². The summed E-state index contributed by atoms with van der Waals surface area (Å²) in [6.45, 7) is 3.20. The van der Waals surface area contributed by atoms with Gasteiger partial charge in [0.1, 0.15) is 23.8 Å². The normalized spacial score (nSPS) is 14.1. The van der Waals surface area contributed by atoms with E-state index >= 15 is 0 Å². The summed E-state index contributed by atoms with van der Waals surface area (Å²) in [4.78, 5) is 15.6. The molecule has 2 aromatic carbocycles. The van der Waals surface area contributed by atoms with Crippen LogP contribution >= 0.6 is 0 Å². The minimum absolute atomic E-state index is 0.272. The summed E-state index contributed by atoms with van der Waals surface area (Å²) >= 11 is 0. The van der Waals surface area contributed by atoms with Crippen molar-refractivity contribution >= 4 is 28.2 Å². The number of nitrogens with zero attached hydrogens (tertiary/aromatic N) is 4. The first kappa shape index (κ1) is 18.4. The van der Waals surface area contributed by atoms with Crippen LogP contribution in [0.3, 0.4) is 0 Å². The number of benzene rings is 2. The number of pyridine rings is 1. The molecule has 1 N–H and O–H groups in total. The molecule has 0 unspecified atom stereocenters. The van der Waals surface area contributed by atoms with E-state index in [1.165, 1.54) is 18.5 Å². The number of hydrogen-bond acceptors (Lipinski definition) is 6. The first-order valence-electron chi connectivity index (χ1n) is 9.83. The average molecular weight is 401 g/mol. The van der Waals surface area contributed by atoms with Gasteiger partial charge < -0.3 is 15.0 Å². The molecular weight excluding hydrogens is 381 g/mol. The number of hydrogen-bond donors (Lipinski definition) is 1. The Kier molecular flexibility index (Phi) is 4.94. The molecule has 6 nitrogen and oxygen atoms in total. The molecule has 1 aliphatic heterocycles. The smallest absolute Gasteiger partial charge is 0.141 e. The highest BCUT2D eigenvalue weighted by atomic mass is 19.1. The third kappa shape index (κ3) is 3.79. The molecule has 0 radical (unpaired) electrons. The molecule has 150 valence electrons. The number of fused-ring (bicyclic) bond motifs is 1. The number of rotatable bonds is 4. The lowest BCUT2D eigenvalue weighted by molar-refractivity contribution is 0.122. The molecule has 0 atom stereocenters. The highest BCUT2D eigenvalue weighted by Crippen LogP contribution is 2.28. The number of anilines is 3. The zero-order valence-electron chi connectivity index (χ0n) is 16.3. The van der Waals surface area contributed by atoms with Crippen LogP contribution in [0.15, 0.2) is 67.1 Å². The van der Waals surface area contributed by atoms with Gasteiger partial charge in [-0.1, -0.05) is 6.07 Å². The molecule has 1 fully saturated rings. The van der Waals surface area contributed by atoms with E-state index in [0.717, 1.165) is 59.8 Å². The standard InChI is InChI=1S/C23H20FN5O/c24-18-3-5-19(6-4-18)28-23-20-7-1-16(13-21(20)26-15-27-23)17-2-8-22(25-14-17)29-9-11-30-12-10-29/h1-8,13-15H,9-12H2,(H,26,27,28). The predicted molar refractivity (Wildman–Crippen MR) is 115 cm³/mol. The molecule has 0 spiro atoms. The Bertz CT molecular complexity index is 1160. The van der Waals surface area contributed by atoms with Crippen molar-refractivity contribution in [3.8, 4) is 11.1 Å². The number of ether oxygens (including phenoxy) is 1. The Morgan fingerprint density at radius 2 is 1.67 bits per heavy atom. The van der Waals surface area contributed by atoms with E-state index in [1.54, 1.807) is 12.1 Å². The van der Waals surface area contributed by atoms with Gasteiger partial charge in [0.25, 0.3) is 0 Å². The quantitative estimate of drug-likeness (QED) is 0.547. The maximum Gasteiger partial charge on any atom is 0.141 e. The molecule has 0 saturated carbocycles. The summed E-state index contributed by atoms with van der Waals surface area (Å²) in [5.41, 5.74) is 3.66. The monoisotopic (exact) mass is 401 g/mol. The van der Waals surface area contributed by atoms with E-state index in [9.17, 15) is 4.39 Å². The van der Waals surface area contributed by atoms with Gasteiger partial charge in [-0.15, -0.1) is 0 Å². The topological polar surface area (TPSA) is 63.2 Å². The van der Waals surface area contributed by atoms with Crippen LogP contribution in [-0.2, 0) is 4.74 Å². The molecule has 0 bridgehead atoms. The number of aromatic nitrogens is 3. The van der Waals surface area contributed by atoms with Gasteiger partial charge in [0, 0.05) is 35.9 Å². The lowest BCUT2D eigenvalue weighted by Gasteiger charge is -2.27. The Labute approximate surface area is 173 Å². The Hall–Kier alpha value is -3.58. The van der Waals surface area contributed by atoms with Gasteiger partial charge in [0.15, 0.2) is 0 Å². The Morgan fingerprint density at radius 1 is 0.867 bits per heavy atom. The van der Waals surface area contributed by atoms with Gasteiger partial charge in [-0.05, 0) is 54.1 Å². The summed E-state index contributed by atoms with van der Waals surface area (Å²) in [7, 11) is 0. The molecule has 4 aromatic rings. The molecule has 3 heterocycles. The largest absolute Gasteiger partial charge is 0.378 e. The first-order valence-corrected chi connectivity index (χ1v) is 9.83. The minimum atomic E-state index is -0.272. The van der Waals surface area contributed by atoms with Crippen LogP contribution in [0.4, 0.5) is 21.7 Å². The van der Waals surface area contributed by atoms with Crippen LogP contribution in [0.25, 0.3) is 22.0 Å². The van der Waals surface area contributed by atoms with Crippen LogP contribution in [0, 0.1) is 5.82 Å². The molecule has 7 heteroatoms. The third-order valence-electron chi connectivity index (χ3n) is 5.16. The second-order valence-electron chi connectivity index (χ2n) is 7.09. The van der Waals surface area contributed by atoms with E-state index in [-0.39, 0.29) is 5.82 Å². The fourth-order valence-electron chi connectivity index (χ4n) is 3.54. The van der Waals surface area contributed by atoms with Crippen molar-refractivity contribution in [2.75, 3.05) is 36.5 Å². The number of nitrogens with one attached hydrogen (secondary N) is 1. The van der Waals surface area contributed by atoms with E-state index in [4.69, 9.17) is 4.74 Å². The highest BCUT2D eigenvalue weighted by Gasteiger charge is 2.13. The Balaban J connectivity index is 1.41. The maximum atomic E-state index is 13.1. The van der Waals surface area contributed by atoms with Crippen molar-refractivity contribution in [2.24, 2.45) is 0 Å². The first-order chi connectivity index (χ1) is 14.8. The lowest BCUT2D eigenvalue weighted by Crippen LogP contribution is -2.36. The van der Waals surface area contributed by atoms with E-state index in [2.05, 4.69) is 31.2 Å². The van der Waals surface area contributed by atoms with Crippen molar-refractivity contribution in [1.29, 1.82) is 0 Å². The SMILES string of the molecule is Fc1ccc(Nc2ncnc3cc(-c4ccc(N5CCOCC5)nc4)ccc23)cc1. The zero-order chi connectivity index (χ0) is 20.3. The summed E-state index contributed by atoms with van der Waals surface area (Å²) in [5, 5.41) is 4.12. The third-order valence-corrected chi connectivity index (χ3v) is 5.16. The van der Waals surface area contributed by atoms with Crippen LogP contribution in [0.2, 0.25) is 0 Å². The van der Waals surface area contributed by atoms with Gasteiger partial charge in [0.05, 0.1) is 18.7 Å². The molecule has 5 rings (SSSR count). The van der Waals surface area contributed by atoms with Crippen molar-refractivity contribution in [3.05, 3.63) is 72.9 Å². The van der Waals surface area contributed by atoms with Gasteiger partial charge in [-0.2, -0.15) is 0 Å². The van der Waals surface area contributed by atoms with Gasteiger partial charge in [-0.3, -0.25) is 0 Å². The molecular formula is C23H20FN5O. The molecule has 30 heavy (non-hydrogen) atoms. The second-order valence-corrected chi connectivity index (χ2v) is 7.09. The molecule has 1 saturated heterocycles. The van der Waals surface area contributed by atoms with E-state index < -0.39 is 0 Å². The Morgan fingerprint density at radius 3 is 2.43 bits per heavy atom. The van der Waals surface area contributed by atoms with Crippen LogP contribution in [-0.4, -0.2) is 41.3 Å². The van der Waals surface area contributed by atoms with Gasteiger partial charge >= 0.3 is 0 Å². The maximum absolute atomic E-state index is 13.1. The number of halogens is 1. The van der Waals surface area contributed by atoms with Gasteiger partial charge in [0.2, 0.25) is 0 Å². The molecule has 0 aliphatic carbocycles. The van der Waals surface area contributed by atoms with Crippen molar-refractivity contribution < 1.29 is 9.13 Å². The summed E-state index contributed by atoms with van der Waals surface area (Å²) < 4.78 is 18.6. The summed E-state index contributed by atoms with van der Waals surface area (Å²) in [5.74, 6) is 1.38. The van der Waals surface area contributed by atoms with Crippen molar-refractivity contribution in [2.45, 2.75) is 0 Å². The summed E-state index contributed by atoms with van der Waals surface area (Å²) in [6.07, 6.45) is 3.42. The average Bonchev–Trinajstić information content (AvgIpc) is 2.81. The van der Waals surface area contributed by atoms with Crippen molar-refractivity contribution in [1.82, 2.24) is 15.0 Å². The zero-order valence-corrected chi connectivity index (χ0v) is 16.3. The minimum Gasteiger partial charge on any atom is -0.378 e. The summed E-state index contributed by atoms with van der Waals surface area (Å²) in [6, 6.07) is 16.4. The highest BCUT2D eigenvalue weighted by molar-refractivity contribution is 5.93. The second kappa shape index (κ2) is 8.04. The lowest BCUT2D eigenvalue weighted by atomic mass is 10.1. The number of morpholine rings is 1. The van der Waals surface area contributed by atoms with E-state index in [1.807, 2.05) is 30.5 Å². The van der Waals surface area contributed by atoms with Crippen LogP contribution in [0.1, 0.15) is 0 Å². The predicted octanol–water partition coefficient (Wildman–Crippen LogP) is 4.41. The molecule has 0 amide bonds. The fourth-order valence-corrected chi connectivity index (χ4v) is 3.54. The van der Waals surface area contributed by atoms with Crippen LogP contribution in [0.5, 0.6) is 0 Å². The van der Waals surface area contributed by atoms with Crippen LogP contribution < -0.4 is 10.2 Å². The fraction of sp³-hybridized carbons (Fsp3) is 0.174.